The summed E-state index contributed by atoms with van der Waals surface area (Å²) >= 11 is 3.48. The Bertz CT molecular complexity index is 1230. The van der Waals surface area contributed by atoms with E-state index in [1.165, 1.54) is 0 Å². The first kappa shape index (κ1) is 22.6. The van der Waals surface area contributed by atoms with E-state index in [1.807, 2.05) is 72.8 Å². The van der Waals surface area contributed by atoms with Gasteiger partial charge in [0.05, 0.1) is 12.3 Å². The number of fused-ring (bicyclic) bond motifs is 3. The molecule has 0 aromatic heterocycles. The maximum atomic E-state index is 13.8. The number of aliphatic hydroxyl groups excluding tert-OH is 1. The van der Waals surface area contributed by atoms with Crippen molar-refractivity contribution in [3.63, 3.8) is 0 Å². The maximum Gasteiger partial charge on any atom is 0.259 e. The second kappa shape index (κ2) is 9.24. The predicted octanol–water partition coefficient (Wildman–Crippen LogP) is 4.69. The standard InChI is InChI=1S/C27H25BrN2O4/c1-30-23-6-3-2-5-22(23)24-27(26(30)32,17-18-7-11-20(28)12-8-18)29-25(34-24)19-9-13-21(14-10-19)33-16-4-15-31/h2-3,5-14,24,31H,4,15-17H2,1H3/t24-,27-/m1/s1. The van der Waals surface area contributed by atoms with Gasteiger partial charge in [0, 0.05) is 42.1 Å². The molecule has 174 valence electrons. The lowest BCUT2D eigenvalue weighted by Crippen LogP contribution is -2.54. The summed E-state index contributed by atoms with van der Waals surface area (Å²) in [5.74, 6) is 1.07. The molecule has 6 nitrogen and oxygen atoms in total. The van der Waals surface area contributed by atoms with Gasteiger partial charge in [0.25, 0.3) is 5.91 Å². The second-order valence-electron chi connectivity index (χ2n) is 8.52. The average molecular weight is 521 g/mol. The number of halogens is 1. The van der Waals surface area contributed by atoms with Crippen LogP contribution in [0.2, 0.25) is 0 Å². The van der Waals surface area contributed by atoms with Gasteiger partial charge in [-0.05, 0) is 48.0 Å². The Kier molecular flexibility index (Phi) is 6.15. The third kappa shape index (κ3) is 3.99. The van der Waals surface area contributed by atoms with Crippen molar-refractivity contribution in [1.82, 2.24) is 0 Å². The van der Waals surface area contributed by atoms with Crippen LogP contribution in [0.5, 0.6) is 5.75 Å². The summed E-state index contributed by atoms with van der Waals surface area (Å²) in [6, 6.07) is 23.3. The summed E-state index contributed by atoms with van der Waals surface area (Å²) < 4.78 is 13.1. The third-order valence-corrected chi connectivity index (χ3v) is 6.81. The van der Waals surface area contributed by atoms with Crippen LogP contribution >= 0.6 is 15.9 Å². The van der Waals surface area contributed by atoms with Gasteiger partial charge in [-0.15, -0.1) is 0 Å². The molecular formula is C27H25BrN2O4. The molecule has 5 rings (SSSR count). The van der Waals surface area contributed by atoms with E-state index in [1.54, 1.807) is 11.9 Å². The molecule has 2 heterocycles. The van der Waals surface area contributed by atoms with E-state index in [-0.39, 0.29) is 12.5 Å². The van der Waals surface area contributed by atoms with Crippen LogP contribution in [-0.2, 0) is 16.0 Å². The number of amides is 1. The number of aliphatic hydroxyl groups is 1. The largest absolute Gasteiger partial charge is 0.494 e. The normalized spacial score (nSPS) is 20.9. The van der Waals surface area contributed by atoms with Crippen molar-refractivity contribution < 1.29 is 19.4 Å². The molecule has 1 amide bonds. The molecule has 0 unspecified atom stereocenters. The summed E-state index contributed by atoms with van der Waals surface area (Å²) in [5.41, 5.74) is 2.49. The molecule has 0 aliphatic carbocycles. The first-order valence-electron chi connectivity index (χ1n) is 11.2. The number of hydrogen-bond acceptors (Lipinski definition) is 5. The highest BCUT2D eigenvalue weighted by atomic mass is 79.9. The van der Waals surface area contributed by atoms with Crippen molar-refractivity contribution in [1.29, 1.82) is 0 Å². The Morgan fingerprint density at radius 2 is 1.82 bits per heavy atom. The highest BCUT2D eigenvalue weighted by Gasteiger charge is 2.58. The summed E-state index contributed by atoms with van der Waals surface area (Å²) in [6.45, 7) is 0.539. The highest BCUT2D eigenvalue weighted by molar-refractivity contribution is 9.10. The quantitative estimate of drug-likeness (QED) is 0.459. The summed E-state index contributed by atoms with van der Waals surface area (Å²) in [5, 5.41) is 8.94. The van der Waals surface area contributed by atoms with Crippen molar-refractivity contribution in [2.75, 3.05) is 25.2 Å². The second-order valence-corrected chi connectivity index (χ2v) is 9.43. The zero-order valence-corrected chi connectivity index (χ0v) is 20.4. The minimum Gasteiger partial charge on any atom is -0.494 e. The molecule has 0 spiro atoms. The molecule has 7 heteroatoms. The van der Waals surface area contributed by atoms with Crippen LogP contribution in [0.25, 0.3) is 0 Å². The lowest BCUT2D eigenvalue weighted by molar-refractivity contribution is -0.126. The van der Waals surface area contributed by atoms with Crippen LogP contribution in [0.1, 0.15) is 29.2 Å². The fourth-order valence-electron chi connectivity index (χ4n) is 4.57. The van der Waals surface area contributed by atoms with E-state index in [0.29, 0.717) is 31.1 Å². The molecule has 0 saturated carbocycles. The van der Waals surface area contributed by atoms with Crippen LogP contribution in [0.15, 0.2) is 82.3 Å². The molecule has 34 heavy (non-hydrogen) atoms. The van der Waals surface area contributed by atoms with E-state index < -0.39 is 11.6 Å². The number of carbonyl (C=O) groups excluding carboxylic acids is 1. The molecular weight excluding hydrogens is 496 g/mol. The first-order chi connectivity index (χ1) is 16.5. The Morgan fingerprint density at radius 1 is 1.09 bits per heavy atom. The van der Waals surface area contributed by atoms with Gasteiger partial charge in [-0.2, -0.15) is 0 Å². The van der Waals surface area contributed by atoms with Crippen molar-refractivity contribution >= 4 is 33.4 Å². The number of rotatable bonds is 7. The zero-order valence-electron chi connectivity index (χ0n) is 18.8. The lowest BCUT2D eigenvalue weighted by Gasteiger charge is -2.40. The van der Waals surface area contributed by atoms with E-state index in [9.17, 15) is 4.79 Å². The van der Waals surface area contributed by atoms with E-state index in [0.717, 1.165) is 26.9 Å². The number of para-hydroxylation sites is 1. The molecule has 3 aromatic rings. The Labute approximate surface area is 207 Å². The Hall–Kier alpha value is -3.16. The molecule has 3 aromatic carbocycles. The van der Waals surface area contributed by atoms with Gasteiger partial charge < -0.3 is 19.5 Å². The van der Waals surface area contributed by atoms with Gasteiger partial charge >= 0.3 is 0 Å². The van der Waals surface area contributed by atoms with Gasteiger partial charge in [-0.1, -0.05) is 46.3 Å². The number of anilines is 1. The van der Waals surface area contributed by atoms with Crippen LogP contribution in [0.3, 0.4) is 0 Å². The molecule has 2 aliphatic heterocycles. The lowest BCUT2D eigenvalue weighted by atomic mass is 9.78. The molecule has 0 bridgehead atoms. The fourth-order valence-corrected chi connectivity index (χ4v) is 4.84. The minimum atomic E-state index is -1.09. The van der Waals surface area contributed by atoms with Crippen LogP contribution in [0, 0.1) is 0 Å². The molecule has 1 N–H and O–H groups in total. The first-order valence-corrected chi connectivity index (χ1v) is 12.0. The molecule has 0 radical (unpaired) electrons. The Morgan fingerprint density at radius 3 is 2.56 bits per heavy atom. The van der Waals surface area contributed by atoms with Crippen LogP contribution in [-0.4, -0.2) is 42.7 Å². The number of aliphatic imine (C=N–C) groups is 1. The van der Waals surface area contributed by atoms with E-state index in [2.05, 4.69) is 15.9 Å². The monoisotopic (exact) mass is 520 g/mol. The topological polar surface area (TPSA) is 71.4 Å². The SMILES string of the molecule is CN1C(=O)[C@]2(Cc3ccc(Br)cc3)N=C(c3ccc(OCCCO)cc3)O[C@@H]2c2ccccc21. The van der Waals surface area contributed by atoms with Crippen molar-refractivity contribution in [2.45, 2.75) is 24.5 Å². The third-order valence-electron chi connectivity index (χ3n) is 6.28. The number of likely N-dealkylation sites (N-methyl/N-ethyl adjacent to an activating group) is 1. The van der Waals surface area contributed by atoms with Crippen molar-refractivity contribution in [3.8, 4) is 5.75 Å². The number of benzene rings is 3. The van der Waals surface area contributed by atoms with Gasteiger partial charge in [0.15, 0.2) is 11.6 Å². The van der Waals surface area contributed by atoms with E-state index >= 15 is 0 Å². The maximum absolute atomic E-state index is 13.8. The predicted molar refractivity (Wildman–Crippen MR) is 134 cm³/mol. The van der Waals surface area contributed by atoms with E-state index in [4.69, 9.17) is 19.6 Å². The van der Waals surface area contributed by atoms with Gasteiger partial charge in [0.2, 0.25) is 5.90 Å². The molecule has 0 saturated heterocycles. The van der Waals surface area contributed by atoms with Crippen molar-refractivity contribution in [3.05, 3.63) is 94.0 Å². The summed E-state index contributed by atoms with van der Waals surface area (Å²) in [6.07, 6.45) is 0.479. The summed E-state index contributed by atoms with van der Waals surface area (Å²) in [4.78, 5) is 20.5. The van der Waals surface area contributed by atoms with Crippen molar-refractivity contribution in [2.24, 2.45) is 4.99 Å². The minimum absolute atomic E-state index is 0.0851. The Balaban J connectivity index is 1.54. The van der Waals surface area contributed by atoms with Gasteiger partial charge in [0.1, 0.15) is 5.75 Å². The highest BCUT2D eigenvalue weighted by Crippen LogP contribution is 2.49. The zero-order chi connectivity index (χ0) is 23.7. The average Bonchev–Trinajstić information content (AvgIpc) is 3.25. The van der Waals surface area contributed by atoms with Crippen LogP contribution in [0.4, 0.5) is 5.69 Å². The van der Waals surface area contributed by atoms with Gasteiger partial charge in [-0.25, -0.2) is 4.99 Å². The molecule has 0 fully saturated rings. The van der Waals surface area contributed by atoms with Crippen LogP contribution < -0.4 is 9.64 Å². The fraction of sp³-hybridized carbons (Fsp3) is 0.259. The molecule has 2 atom stereocenters. The number of nitrogens with zero attached hydrogens (tertiary/aromatic N) is 2. The van der Waals surface area contributed by atoms with Gasteiger partial charge in [-0.3, -0.25) is 4.79 Å². The molecule has 2 aliphatic rings. The number of ether oxygens (including phenoxy) is 2. The summed E-state index contributed by atoms with van der Waals surface area (Å²) in [7, 11) is 1.80. The smallest absolute Gasteiger partial charge is 0.259 e. The number of carbonyl (C=O) groups is 1. The number of hydrogen-bond donors (Lipinski definition) is 1.